The van der Waals surface area contributed by atoms with Crippen molar-refractivity contribution in [2.45, 2.75) is 19.3 Å². The first-order valence-corrected chi connectivity index (χ1v) is 4.61. The average Bonchev–Trinajstić information content (AvgIpc) is 2.26. The van der Waals surface area contributed by atoms with Gasteiger partial charge in [-0.3, -0.25) is 14.9 Å². The Balaban J connectivity index is 3.06. The number of rotatable bonds is 3. The molecule has 0 heterocycles. The maximum atomic E-state index is 11.3. The van der Waals surface area contributed by atoms with Crippen molar-refractivity contribution >= 4 is 5.97 Å². The largest absolute Gasteiger partial charge is 0.494 e. The lowest BCUT2D eigenvalue weighted by Crippen LogP contribution is -2.27. The Bertz CT molecular complexity index is 310. The molecule has 0 amide bonds. The minimum atomic E-state index is -0.798. The summed E-state index contributed by atoms with van der Waals surface area (Å²) in [6.07, 6.45) is 1.64. The number of hydrogen-bond acceptors (Lipinski definition) is 5. The monoisotopic (exact) mass is 215 g/mol. The summed E-state index contributed by atoms with van der Waals surface area (Å²) in [5, 5.41) is 10.8. The normalized spacial score (nSPS) is 21.1. The molecule has 0 aliphatic heterocycles. The van der Waals surface area contributed by atoms with Crippen LogP contribution in [0.1, 0.15) is 19.3 Å². The van der Waals surface area contributed by atoms with Crippen molar-refractivity contribution in [1.82, 2.24) is 0 Å². The summed E-state index contributed by atoms with van der Waals surface area (Å²) in [5.74, 6) is -1.09. The van der Waals surface area contributed by atoms with E-state index < -0.39 is 16.8 Å². The predicted octanol–water partition coefficient (Wildman–Crippen LogP) is 1.09. The standard InChI is InChI=1S/C9H13NO5/c1-14-7-5-3-4-6(9(11)15-2)8(7)10(12)13/h6H,3-5H2,1-2H3. The molecule has 0 fully saturated rings. The van der Waals surface area contributed by atoms with Gasteiger partial charge in [0.25, 0.3) is 5.70 Å². The van der Waals surface area contributed by atoms with E-state index in [0.29, 0.717) is 19.3 Å². The first-order valence-electron chi connectivity index (χ1n) is 4.61. The lowest BCUT2D eigenvalue weighted by atomic mass is 9.91. The van der Waals surface area contributed by atoms with E-state index in [1.54, 1.807) is 0 Å². The van der Waals surface area contributed by atoms with Gasteiger partial charge in [-0.2, -0.15) is 0 Å². The highest BCUT2D eigenvalue weighted by molar-refractivity contribution is 5.75. The third-order valence-electron chi connectivity index (χ3n) is 2.44. The van der Waals surface area contributed by atoms with E-state index in [-0.39, 0.29) is 11.5 Å². The molecule has 0 saturated carbocycles. The van der Waals surface area contributed by atoms with Crippen LogP contribution in [0.5, 0.6) is 0 Å². The Morgan fingerprint density at radius 3 is 2.67 bits per heavy atom. The van der Waals surface area contributed by atoms with Crippen molar-refractivity contribution in [3.63, 3.8) is 0 Å². The van der Waals surface area contributed by atoms with Crippen LogP contribution in [-0.4, -0.2) is 25.1 Å². The molecule has 15 heavy (non-hydrogen) atoms. The number of carbonyl (C=O) groups is 1. The van der Waals surface area contributed by atoms with Gasteiger partial charge in [-0.25, -0.2) is 0 Å². The van der Waals surface area contributed by atoms with Gasteiger partial charge in [0.15, 0.2) is 11.7 Å². The van der Waals surface area contributed by atoms with E-state index in [2.05, 4.69) is 4.74 Å². The Morgan fingerprint density at radius 2 is 2.20 bits per heavy atom. The van der Waals surface area contributed by atoms with Crippen LogP contribution in [0.25, 0.3) is 0 Å². The zero-order chi connectivity index (χ0) is 11.4. The molecule has 1 unspecified atom stereocenters. The van der Waals surface area contributed by atoms with Crippen LogP contribution in [-0.2, 0) is 14.3 Å². The fraction of sp³-hybridized carbons (Fsp3) is 0.667. The Hall–Kier alpha value is -1.59. The quantitative estimate of drug-likeness (QED) is 0.400. The van der Waals surface area contributed by atoms with Crippen LogP contribution >= 0.6 is 0 Å². The van der Waals surface area contributed by atoms with Crippen molar-refractivity contribution in [3.05, 3.63) is 21.6 Å². The maximum Gasteiger partial charge on any atom is 0.319 e. The van der Waals surface area contributed by atoms with Crippen LogP contribution in [0, 0.1) is 16.0 Å². The zero-order valence-corrected chi connectivity index (χ0v) is 8.69. The molecule has 1 aliphatic carbocycles. The van der Waals surface area contributed by atoms with E-state index in [1.165, 1.54) is 14.2 Å². The van der Waals surface area contributed by atoms with Gasteiger partial charge >= 0.3 is 5.97 Å². The van der Waals surface area contributed by atoms with Gasteiger partial charge in [0.1, 0.15) is 0 Å². The molecule has 0 N–H and O–H groups in total. The zero-order valence-electron chi connectivity index (χ0n) is 8.69. The maximum absolute atomic E-state index is 11.3. The molecule has 0 saturated heterocycles. The summed E-state index contributed by atoms with van der Waals surface area (Å²) in [4.78, 5) is 21.6. The summed E-state index contributed by atoms with van der Waals surface area (Å²) in [6.45, 7) is 0. The number of allylic oxidation sites excluding steroid dienone is 1. The minimum Gasteiger partial charge on any atom is -0.494 e. The van der Waals surface area contributed by atoms with E-state index in [1.807, 2.05) is 0 Å². The van der Waals surface area contributed by atoms with Gasteiger partial charge in [-0.15, -0.1) is 0 Å². The van der Waals surface area contributed by atoms with Gasteiger partial charge in [-0.05, 0) is 12.8 Å². The van der Waals surface area contributed by atoms with Crippen molar-refractivity contribution < 1.29 is 19.2 Å². The Labute approximate surface area is 87.0 Å². The topological polar surface area (TPSA) is 78.7 Å². The van der Waals surface area contributed by atoms with Gasteiger partial charge < -0.3 is 9.47 Å². The third-order valence-corrected chi connectivity index (χ3v) is 2.44. The SMILES string of the molecule is COC(=O)C1CCCC(OC)=C1[N+](=O)[O-]. The van der Waals surface area contributed by atoms with E-state index >= 15 is 0 Å². The lowest BCUT2D eigenvalue weighted by Gasteiger charge is -2.19. The number of methoxy groups -OCH3 is 2. The second kappa shape index (κ2) is 4.77. The molecule has 0 radical (unpaired) electrons. The minimum absolute atomic E-state index is 0.157. The fourth-order valence-corrected chi connectivity index (χ4v) is 1.73. The molecule has 0 spiro atoms. The summed E-state index contributed by atoms with van der Waals surface area (Å²) in [7, 11) is 2.60. The summed E-state index contributed by atoms with van der Waals surface area (Å²) in [5.41, 5.74) is -0.157. The Kier molecular flexibility index (Phi) is 3.65. The predicted molar refractivity (Wildman–Crippen MR) is 50.4 cm³/mol. The van der Waals surface area contributed by atoms with Crippen molar-refractivity contribution in [2.24, 2.45) is 5.92 Å². The van der Waals surface area contributed by atoms with Crippen molar-refractivity contribution in [2.75, 3.05) is 14.2 Å². The summed E-state index contributed by atoms with van der Waals surface area (Å²) >= 11 is 0. The molecule has 0 aromatic heterocycles. The molecule has 1 atom stereocenters. The van der Waals surface area contributed by atoms with Gasteiger partial charge in [-0.1, -0.05) is 0 Å². The highest BCUT2D eigenvalue weighted by Crippen LogP contribution is 2.31. The number of nitrogens with zero attached hydrogens (tertiary/aromatic N) is 1. The second-order valence-electron chi connectivity index (χ2n) is 3.24. The molecule has 0 aromatic carbocycles. The number of esters is 1. The van der Waals surface area contributed by atoms with E-state index in [9.17, 15) is 14.9 Å². The summed E-state index contributed by atoms with van der Waals surface area (Å²) < 4.78 is 9.45. The van der Waals surface area contributed by atoms with Gasteiger partial charge in [0, 0.05) is 6.42 Å². The van der Waals surface area contributed by atoms with Crippen LogP contribution in [0.3, 0.4) is 0 Å². The number of ether oxygens (including phenoxy) is 2. The van der Waals surface area contributed by atoms with Gasteiger partial charge in [0.2, 0.25) is 0 Å². The van der Waals surface area contributed by atoms with Crippen molar-refractivity contribution in [3.8, 4) is 0 Å². The smallest absolute Gasteiger partial charge is 0.319 e. The fourth-order valence-electron chi connectivity index (χ4n) is 1.73. The first kappa shape index (κ1) is 11.5. The first-order chi connectivity index (χ1) is 7.11. The average molecular weight is 215 g/mol. The highest BCUT2D eigenvalue weighted by Gasteiger charge is 2.39. The second-order valence-corrected chi connectivity index (χ2v) is 3.24. The lowest BCUT2D eigenvalue weighted by molar-refractivity contribution is -0.437. The van der Waals surface area contributed by atoms with Crippen molar-refractivity contribution in [1.29, 1.82) is 0 Å². The van der Waals surface area contributed by atoms with E-state index in [0.717, 1.165) is 0 Å². The summed E-state index contributed by atoms with van der Waals surface area (Å²) in [6, 6.07) is 0. The molecule has 0 bridgehead atoms. The number of carbonyl (C=O) groups excluding carboxylic acids is 1. The molecule has 0 aromatic rings. The van der Waals surface area contributed by atoms with Crippen LogP contribution < -0.4 is 0 Å². The molecular formula is C9H13NO5. The van der Waals surface area contributed by atoms with E-state index in [4.69, 9.17) is 4.74 Å². The number of nitro groups is 1. The molecule has 6 nitrogen and oxygen atoms in total. The highest BCUT2D eigenvalue weighted by atomic mass is 16.6. The molecule has 1 aliphatic rings. The Morgan fingerprint density at radius 1 is 1.53 bits per heavy atom. The number of hydrogen-bond donors (Lipinski definition) is 0. The van der Waals surface area contributed by atoms with Gasteiger partial charge in [0.05, 0.1) is 19.1 Å². The molecule has 6 heteroatoms. The third kappa shape index (κ3) is 2.26. The molecular weight excluding hydrogens is 202 g/mol. The van der Waals surface area contributed by atoms with Crippen LogP contribution in [0.4, 0.5) is 0 Å². The molecule has 1 rings (SSSR count). The molecule has 84 valence electrons. The van der Waals surface area contributed by atoms with Crippen LogP contribution in [0.15, 0.2) is 11.5 Å². The van der Waals surface area contributed by atoms with Crippen LogP contribution in [0.2, 0.25) is 0 Å².